The number of aliphatic imine (C=N–C) groups is 1. The molecule has 1 heterocycles. The minimum atomic E-state index is -0.947. The number of aliphatic carboxylic acids is 1. The van der Waals surface area contributed by atoms with Crippen LogP contribution in [0, 0.1) is 6.92 Å². The Morgan fingerprint density at radius 1 is 1.11 bits per heavy atom. The zero-order valence-electron chi connectivity index (χ0n) is 16.3. The molecule has 0 saturated heterocycles. The first kappa shape index (κ1) is 19.5. The smallest absolute Gasteiger partial charge is 0.305 e. The average Bonchev–Trinajstić information content (AvgIpc) is 2.96. The maximum Gasteiger partial charge on any atom is 0.305 e. The summed E-state index contributed by atoms with van der Waals surface area (Å²) in [6.07, 6.45) is 1.62. The molecule has 0 spiro atoms. The molecular weight excluding hydrogens is 352 g/mol. The number of hydrogen-bond donors (Lipinski definition) is 1. The van der Waals surface area contributed by atoms with E-state index < -0.39 is 5.97 Å². The summed E-state index contributed by atoms with van der Waals surface area (Å²) in [6.45, 7) is 6.34. The van der Waals surface area contributed by atoms with Crippen LogP contribution in [-0.2, 0) is 9.59 Å². The summed E-state index contributed by atoms with van der Waals surface area (Å²) in [7, 11) is 0. The van der Waals surface area contributed by atoms with E-state index in [1.165, 1.54) is 10.5 Å². The molecule has 0 bridgehead atoms. The van der Waals surface area contributed by atoms with Gasteiger partial charge in [-0.1, -0.05) is 67.9 Å². The first-order valence-electron chi connectivity index (χ1n) is 9.36. The SMILES string of the molecule is Cc1ccc(C2=NC(=Cc3ccc(C(C)C)cc3)C(=O)N2CCC(=O)O)cc1. The number of nitrogens with zero attached hydrogens (tertiary/aromatic N) is 2. The van der Waals surface area contributed by atoms with E-state index in [-0.39, 0.29) is 18.9 Å². The predicted molar refractivity (Wildman–Crippen MR) is 110 cm³/mol. The van der Waals surface area contributed by atoms with Gasteiger partial charge >= 0.3 is 5.97 Å². The molecule has 144 valence electrons. The zero-order valence-corrected chi connectivity index (χ0v) is 16.3. The van der Waals surface area contributed by atoms with E-state index >= 15 is 0 Å². The van der Waals surface area contributed by atoms with Crippen molar-refractivity contribution in [2.75, 3.05) is 6.54 Å². The highest BCUT2D eigenvalue weighted by molar-refractivity contribution is 6.19. The minimum absolute atomic E-state index is 0.0878. The summed E-state index contributed by atoms with van der Waals surface area (Å²) in [5, 5.41) is 9.03. The lowest BCUT2D eigenvalue weighted by molar-refractivity contribution is -0.137. The van der Waals surface area contributed by atoms with E-state index in [0.717, 1.165) is 16.7 Å². The van der Waals surface area contributed by atoms with Crippen molar-refractivity contribution in [1.29, 1.82) is 0 Å². The van der Waals surface area contributed by atoms with E-state index in [2.05, 4.69) is 18.8 Å². The van der Waals surface area contributed by atoms with Gasteiger partial charge in [-0.3, -0.25) is 14.5 Å². The Bertz CT molecular complexity index is 939. The van der Waals surface area contributed by atoms with E-state index in [4.69, 9.17) is 5.11 Å². The number of hydrogen-bond acceptors (Lipinski definition) is 3. The Morgan fingerprint density at radius 2 is 1.75 bits per heavy atom. The normalized spacial score (nSPS) is 15.4. The van der Waals surface area contributed by atoms with Gasteiger partial charge in [0.05, 0.1) is 6.42 Å². The molecule has 1 aliphatic rings. The molecule has 1 aliphatic heterocycles. The largest absolute Gasteiger partial charge is 0.481 e. The van der Waals surface area contributed by atoms with Crippen LogP contribution in [0.4, 0.5) is 0 Å². The van der Waals surface area contributed by atoms with E-state index in [0.29, 0.717) is 17.5 Å². The molecule has 3 rings (SSSR count). The molecule has 1 amide bonds. The monoisotopic (exact) mass is 376 g/mol. The van der Waals surface area contributed by atoms with Crippen molar-refractivity contribution in [2.24, 2.45) is 4.99 Å². The summed E-state index contributed by atoms with van der Waals surface area (Å²) in [4.78, 5) is 29.9. The summed E-state index contributed by atoms with van der Waals surface area (Å²) in [5.41, 5.74) is 4.33. The lowest BCUT2D eigenvalue weighted by Crippen LogP contribution is -2.34. The Hall–Kier alpha value is -3.21. The maximum absolute atomic E-state index is 12.9. The van der Waals surface area contributed by atoms with Gasteiger partial charge in [0.1, 0.15) is 11.5 Å². The number of carbonyl (C=O) groups excluding carboxylic acids is 1. The van der Waals surface area contributed by atoms with Crippen molar-refractivity contribution in [3.63, 3.8) is 0 Å². The van der Waals surface area contributed by atoms with Gasteiger partial charge in [0.2, 0.25) is 0 Å². The number of carboxylic acids is 1. The zero-order chi connectivity index (χ0) is 20.3. The molecule has 0 aromatic heterocycles. The van der Waals surface area contributed by atoms with Crippen molar-refractivity contribution >= 4 is 23.8 Å². The van der Waals surface area contributed by atoms with Crippen LogP contribution in [0.5, 0.6) is 0 Å². The second kappa shape index (κ2) is 8.21. The topological polar surface area (TPSA) is 70.0 Å². The molecule has 0 aliphatic carbocycles. The third kappa shape index (κ3) is 4.36. The second-order valence-corrected chi connectivity index (χ2v) is 7.25. The summed E-state index contributed by atoms with van der Waals surface area (Å²) in [5.74, 6) is -0.286. The first-order valence-corrected chi connectivity index (χ1v) is 9.36. The molecule has 0 unspecified atom stereocenters. The molecule has 0 saturated carbocycles. The summed E-state index contributed by atoms with van der Waals surface area (Å²) in [6, 6.07) is 15.7. The van der Waals surface area contributed by atoms with Crippen LogP contribution in [0.1, 0.15) is 48.4 Å². The van der Waals surface area contributed by atoms with Crippen LogP contribution in [0.25, 0.3) is 6.08 Å². The molecule has 5 heteroatoms. The van der Waals surface area contributed by atoms with Gasteiger partial charge in [0, 0.05) is 12.1 Å². The number of amidine groups is 1. The number of benzene rings is 2. The van der Waals surface area contributed by atoms with E-state index in [1.807, 2.05) is 55.5 Å². The number of carboxylic acid groups (broad SMARTS) is 1. The van der Waals surface area contributed by atoms with Crippen molar-refractivity contribution in [1.82, 2.24) is 4.90 Å². The quantitative estimate of drug-likeness (QED) is 0.767. The van der Waals surface area contributed by atoms with Crippen LogP contribution in [0.2, 0.25) is 0 Å². The van der Waals surface area contributed by atoms with Crippen LogP contribution in [0.3, 0.4) is 0 Å². The maximum atomic E-state index is 12.9. The highest BCUT2D eigenvalue weighted by Crippen LogP contribution is 2.23. The standard InChI is InChI=1S/C23H24N2O3/c1-15(2)18-10-6-17(7-11-18)14-20-23(28)25(13-12-21(26)27)22(24-20)19-8-4-16(3)5-9-19/h4-11,14-15H,12-13H2,1-3H3,(H,26,27). The highest BCUT2D eigenvalue weighted by Gasteiger charge is 2.31. The third-order valence-corrected chi connectivity index (χ3v) is 4.71. The summed E-state index contributed by atoms with van der Waals surface area (Å²) >= 11 is 0. The van der Waals surface area contributed by atoms with Gasteiger partial charge in [0.25, 0.3) is 5.91 Å². The molecule has 1 N–H and O–H groups in total. The Morgan fingerprint density at radius 3 is 2.32 bits per heavy atom. The van der Waals surface area contributed by atoms with Crippen LogP contribution < -0.4 is 0 Å². The second-order valence-electron chi connectivity index (χ2n) is 7.25. The van der Waals surface area contributed by atoms with Gasteiger partial charge in [0.15, 0.2) is 0 Å². The Kier molecular flexibility index (Phi) is 5.73. The predicted octanol–water partition coefficient (Wildman–Crippen LogP) is 4.22. The van der Waals surface area contributed by atoms with Crippen LogP contribution in [-0.4, -0.2) is 34.3 Å². The van der Waals surface area contributed by atoms with Crippen molar-refractivity contribution in [3.8, 4) is 0 Å². The Balaban J connectivity index is 1.95. The fourth-order valence-electron chi connectivity index (χ4n) is 3.02. The van der Waals surface area contributed by atoms with E-state index in [1.54, 1.807) is 6.08 Å². The lowest BCUT2D eigenvalue weighted by atomic mass is 10.0. The molecule has 5 nitrogen and oxygen atoms in total. The lowest BCUT2D eigenvalue weighted by Gasteiger charge is -2.17. The molecule has 0 atom stereocenters. The molecule has 2 aromatic carbocycles. The molecule has 0 fully saturated rings. The fourth-order valence-corrected chi connectivity index (χ4v) is 3.02. The molecule has 0 radical (unpaired) electrons. The van der Waals surface area contributed by atoms with Crippen molar-refractivity contribution in [3.05, 3.63) is 76.5 Å². The van der Waals surface area contributed by atoms with Crippen LogP contribution in [0.15, 0.2) is 59.2 Å². The fraction of sp³-hybridized carbons (Fsp3) is 0.261. The number of aryl methyl sites for hydroxylation is 1. The number of amides is 1. The van der Waals surface area contributed by atoms with Gasteiger partial charge in [-0.05, 0) is 30.0 Å². The minimum Gasteiger partial charge on any atom is -0.481 e. The van der Waals surface area contributed by atoms with Gasteiger partial charge in [-0.2, -0.15) is 0 Å². The van der Waals surface area contributed by atoms with Crippen molar-refractivity contribution < 1.29 is 14.7 Å². The molecular formula is C23H24N2O3. The summed E-state index contributed by atoms with van der Waals surface area (Å²) < 4.78 is 0. The van der Waals surface area contributed by atoms with Gasteiger partial charge in [-0.25, -0.2) is 4.99 Å². The Labute approximate surface area is 165 Å². The van der Waals surface area contributed by atoms with Gasteiger partial charge in [-0.15, -0.1) is 0 Å². The third-order valence-electron chi connectivity index (χ3n) is 4.71. The average molecular weight is 376 g/mol. The van der Waals surface area contributed by atoms with Gasteiger partial charge < -0.3 is 5.11 Å². The number of carbonyl (C=O) groups is 2. The van der Waals surface area contributed by atoms with Crippen molar-refractivity contribution in [2.45, 2.75) is 33.1 Å². The first-order chi connectivity index (χ1) is 13.3. The van der Waals surface area contributed by atoms with Crippen LogP contribution >= 0.6 is 0 Å². The van der Waals surface area contributed by atoms with E-state index in [9.17, 15) is 9.59 Å². The highest BCUT2D eigenvalue weighted by atomic mass is 16.4. The molecule has 28 heavy (non-hydrogen) atoms. The number of rotatable bonds is 6. The molecule has 2 aromatic rings.